The van der Waals surface area contributed by atoms with Crippen LogP contribution in [0.3, 0.4) is 0 Å². The Morgan fingerprint density at radius 2 is 1.93 bits per heavy atom. The summed E-state index contributed by atoms with van der Waals surface area (Å²) in [7, 11) is -0.503. The molecular weight excluding hydrogens is 228 g/mol. The highest BCUT2D eigenvalue weighted by Gasteiger charge is 2.10. The summed E-state index contributed by atoms with van der Waals surface area (Å²) in [5.74, 6) is -0.897. The molecule has 0 unspecified atom stereocenters. The SMILES string of the molecule is O=C(O)c1ccc(S)c([SH]2C=CC=C2)c1. The van der Waals surface area contributed by atoms with Crippen molar-refractivity contribution in [3.05, 3.63) is 46.7 Å². The summed E-state index contributed by atoms with van der Waals surface area (Å²) in [6.07, 6.45) is 3.96. The van der Waals surface area contributed by atoms with E-state index in [-0.39, 0.29) is 0 Å². The number of carboxylic acid groups (broad SMARTS) is 1. The average Bonchev–Trinajstić information content (AvgIpc) is 2.71. The molecule has 0 saturated heterocycles. The first-order valence-corrected chi connectivity index (χ1v) is 6.31. The van der Waals surface area contributed by atoms with Crippen LogP contribution >= 0.6 is 23.5 Å². The molecule has 0 radical (unpaired) electrons. The minimum atomic E-state index is -0.897. The molecule has 1 N–H and O–H groups in total. The van der Waals surface area contributed by atoms with Crippen molar-refractivity contribution in [1.29, 1.82) is 0 Å². The number of allylic oxidation sites excluding steroid dienone is 2. The molecule has 0 amide bonds. The van der Waals surface area contributed by atoms with Crippen LogP contribution in [0.5, 0.6) is 0 Å². The van der Waals surface area contributed by atoms with Gasteiger partial charge in [-0.2, -0.15) is 10.9 Å². The molecule has 1 aromatic rings. The first kappa shape index (κ1) is 10.4. The lowest BCUT2D eigenvalue weighted by Crippen LogP contribution is -1.96. The molecule has 1 aliphatic rings. The maximum Gasteiger partial charge on any atom is 0.335 e. The zero-order valence-corrected chi connectivity index (χ0v) is 9.58. The lowest BCUT2D eigenvalue weighted by atomic mass is 10.2. The van der Waals surface area contributed by atoms with Crippen molar-refractivity contribution in [3.63, 3.8) is 0 Å². The summed E-state index contributed by atoms with van der Waals surface area (Å²) in [4.78, 5) is 12.7. The lowest BCUT2D eigenvalue weighted by molar-refractivity contribution is 0.0696. The van der Waals surface area contributed by atoms with E-state index >= 15 is 0 Å². The third-order valence-electron chi connectivity index (χ3n) is 2.10. The summed E-state index contributed by atoms with van der Waals surface area (Å²) in [5, 5.41) is 13.0. The maximum absolute atomic E-state index is 10.8. The fourth-order valence-electron chi connectivity index (χ4n) is 1.36. The molecule has 0 aliphatic carbocycles. The van der Waals surface area contributed by atoms with Crippen molar-refractivity contribution < 1.29 is 9.90 Å². The monoisotopic (exact) mass is 238 g/mol. The van der Waals surface area contributed by atoms with Crippen molar-refractivity contribution in [2.75, 3.05) is 0 Å². The third kappa shape index (κ3) is 2.11. The first-order chi connectivity index (χ1) is 7.18. The quantitative estimate of drug-likeness (QED) is 0.693. The molecule has 2 rings (SSSR count). The smallest absolute Gasteiger partial charge is 0.335 e. The van der Waals surface area contributed by atoms with Gasteiger partial charge in [-0.3, -0.25) is 0 Å². The molecule has 15 heavy (non-hydrogen) atoms. The van der Waals surface area contributed by atoms with Crippen LogP contribution in [0.25, 0.3) is 0 Å². The van der Waals surface area contributed by atoms with Crippen LogP contribution in [0.2, 0.25) is 0 Å². The van der Waals surface area contributed by atoms with Gasteiger partial charge in [0.05, 0.1) is 5.56 Å². The van der Waals surface area contributed by atoms with E-state index < -0.39 is 16.9 Å². The van der Waals surface area contributed by atoms with Gasteiger partial charge in [-0.15, -0.1) is 12.6 Å². The summed E-state index contributed by atoms with van der Waals surface area (Å²) >= 11 is 4.34. The number of aromatic carboxylic acids is 1. The van der Waals surface area contributed by atoms with Crippen molar-refractivity contribution in [2.24, 2.45) is 0 Å². The minimum Gasteiger partial charge on any atom is -0.478 e. The van der Waals surface area contributed by atoms with Gasteiger partial charge in [0.1, 0.15) is 0 Å². The van der Waals surface area contributed by atoms with Gasteiger partial charge in [0.2, 0.25) is 0 Å². The molecule has 0 atom stereocenters. The highest BCUT2D eigenvalue weighted by atomic mass is 32.2. The standard InChI is InChI=1S/C11H10O2S2/c12-11(13)8-3-4-9(14)10(7-8)15-5-1-2-6-15/h1-7,14-15H,(H,12,13). The Kier molecular flexibility index (Phi) is 2.88. The van der Waals surface area contributed by atoms with Gasteiger partial charge in [-0.25, -0.2) is 4.79 Å². The fourth-order valence-corrected chi connectivity index (χ4v) is 3.46. The number of hydrogen-bond donors (Lipinski definition) is 3. The average molecular weight is 238 g/mol. The highest BCUT2D eigenvalue weighted by molar-refractivity contribution is 8.22. The second-order valence-corrected chi connectivity index (χ2v) is 5.47. The topological polar surface area (TPSA) is 37.3 Å². The minimum absolute atomic E-state index is 0.319. The molecule has 1 heterocycles. The van der Waals surface area contributed by atoms with Gasteiger partial charge in [-0.1, -0.05) is 12.2 Å². The number of hydrogen-bond acceptors (Lipinski definition) is 2. The van der Waals surface area contributed by atoms with Crippen molar-refractivity contribution >= 4 is 29.5 Å². The number of thiol groups is 2. The Labute approximate surface area is 96.1 Å². The number of carboxylic acids is 1. The van der Waals surface area contributed by atoms with Crippen molar-refractivity contribution in [1.82, 2.24) is 0 Å². The maximum atomic E-state index is 10.8. The van der Waals surface area contributed by atoms with Crippen LogP contribution in [0.1, 0.15) is 10.4 Å². The predicted octanol–water partition coefficient (Wildman–Crippen LogP) is 3.07. The highest BCUT2D eigenvalue weighted by Crippen LogP contribution is 2.45. The molecular formula is C11H10O2S2. The fraction of sp³-hybridized carbons (Fsp3) is 0. The van der Waals surface area contributed by atoms with E-state index in [1.807, 2.05) is 12.2 Å². The zero-order chi connectivity index (χ0) is 10.8. The molecule has 0 spiro atoms. The van der Waals surface area contributed by atoms with Crippen LogP contribution in [-0.4, -0.2) is 11.1 Å². The van der Waals surface area contributed by atoms with E-state index in [9.17, 15) is 4.79 Å². The normalized spacial score (nSPS) is 15.9. The summed E-state index contributed by atoms with van der Waals surface area (Å²) in [5.41, 5.74) is 0.319. The second-order valence-electron chi connectivity index (χ2n) is 3.10. The van der Waals surface area contributed by atoms with Crippen molar-refractivity contribution in [2.45, 2.75) is 9.79 Å². The Morgan fingerprint density at radius 3 is 2.53 bits per heavy atom. The van der Waals surface area contributed by atoms with Crippen LogP contribution in [0.4, 0.5) is 0 Å². The molecule has 78 valence electrons. The van der Waals surface area contributed by atoms with Gasteiger partial charge in [0, 0.05) is 9.79 Å². The molecule has 0 bridgehead atoms. The lowest BCUT2D eigenvalue weighted by Gasteiger charge is -2.13. The van der Waals surface area contributed by atoms with Crippen molar-refractivity contribution in [3.8, 4) is 0 Å². The Morgan fingerprint density at radius 1 is 1.27 bits per heavy atom. The van der Waals surface area contributed by atoms with E-state index in [2.05, 4.69) is 23.4 Å². The first-order valence-electron chi connectivity index (χ1n) is 4.38. The summed E-state index contributed by atoms with van der Waals surface area (Å²) < 4.78 is 0. The molecule has 0 saturated carbocycles. The van der Waals surface area contributed by atoms with Crippen LogP contribution in [0, 0.1) is 0 Å². The van der Waals surface area contributed by atoms with E-state index in [1.54, 1.807) is 18.2 Å². The van der Waals surface area contributed by atoms with Crippen LogP contribution in [-0.2, 0) is 0 Å². The molecule has 4 heteroatoms. The van der Waals surface area contributed by atoms with Gasteiger partial charge in [0.15, 0.2) is 0 Å². The van der Waals surface area contributed by atoms with Crippen LogP contribution in [0.15, 0.2) is 51.0 Å². The van der Waals surface area contributed by atoms with E-state index in [0.29, 0.717) is 5.56 Å². The molecule has 1 aromatic carbocycles. The Bertz CT molecular complexity index is 452. The Hall–Kier alpha value is -1.13. The summed E-state index contributed by atoms with van der Waals surface area (Å²) in [6.45, 7) is 0. The number of rotatable bonds is 2. The second kappa shape index (κ2) is 4.16. The van der Waals surface area contributed by atoms with Gasteiger partial charge >= 0.3 is 5.97 Å². The predicted molar refractivity (Wildman–Crippen MR) is 66.2 cm³/mol. The van der Waals surface area contributed by atoms with Gasteiger partial charge < -0.3 is 5.11 Å². The largest absolute Gasteiger partial charge is 0.478 e. The van der Waals surface area contributed by atoms with Gasteiger partial charge in [-0.05, 0) is 29.0 Å². The van der Waals surface area contributed by atoms with Gasteiger partial charge in [0.25, 0.3) is 0 Å². The number of carbonyl (C=O) groups is 1. The molecule has 2 nitrogen and oxygen atoms in total. The summed E-state index contributed by atoms with van der Waals surface area (Å²) in [6, 6.07) is 5.02. The molecule has 1 aliphatic heterocycles. The third-order valence-corrected chi connectivity index (χ3v) is 4.58. The number of benzene rings is 1. The zero-order valence-electron chi connectivity index (χ0n) is 7.79. The van der Waals surface area contributed by atoms with E-state index in [4.69, 9.17) is 5.11 Å². The Balaban J connectivity index is 2.45. The molecule has 0 fully saturated rings. The van der Waals surface area contributed by atoms with E-state index in [1.165, 1.54) is 0 Å². The van der Waals surface area contributed by atoms with Crippen LogP contribution < -0.4 is 0 Å². The van der Waals surface area contributed by atoms with E-state index in [0.717, 1.165) is 9.79 Å². The molecule has 0 aromatic heterocycles.